The number of halogens is 1. The smallest absolute Gasteiger partial charge is 0.306 e. The van der Waals surface area contributed by atoms with Gasteiger partial charge in [-0.2, -0.15) is 0 Å². The zero-order chi connectivity index (χ0) is 62.8. The molecule has 8 heterocycles. The molecule has 4 amide bonds. The molecule has 476 valence electrons. The lowest BCUT2D eigenvalue weighted by molar-refractivity contribution is -0.156. The summed E-state index contributed by atoms with van der Waals surface area (Å²) in [5, 5.41) is 8.25. The van der Waals surface area contributed by atoms with Gasteiger partial charge in [0.15, 0.2) is 11.6 Å². The largest absolute Gasteiger partial charge is 0.460 e. The Bertz CT molecular complexity index is 4010. The Balaban J connectivity index is 0.000000198. The number of nitrogens with one attached hydrogen (secondary N) is 2. The van der Waals surface area contributed by atoms with Crippen molar-refractivity contribution in [3.05, 3.63) is 121 Å². The maximum atomic E-state index is 14.1. The average Bonchev–Trinajstić information content (AvgIpc) is 1.66. The molecular weight excluding hydrogens is 1160 g/mol. The number of imidazole rings is 2. The molecule has 22 heteroatoms. The number of hydrogen-bond donors (Lipinski definition) is 3. The molecule has 4 aliphatic rings. The summed E-state index contributed by atoms with van der Waals surface area (Å²) in [5.41, 5.74) is 14.2. The van der Waals surface area contributed by atoms with Crippen LogP contribution in [0.15, 0.2) is 109 Å². The van der Waals surface area contributed by atoms with Crippen molar-refractivity contribution < 1.29 is 28.7 Å². The Labute approximate surface area is 532 Å². The Kier molecular flexibility index (Phi) is 19.8. The summed E-state index contributed by atoms with van der Waals surface area (Å²) in [6.45, 7) is 10.3. The molecule has 2 aliphatic carbocycles. The second-order valence-corrected chi connectivity index (χ2v) is 26.4. The molecule has 2 aromatic carbocycles. The molecule has 2 saturated heterocycles. The van der Waals surface area contributed by atoms with Gasteiger partial charge in [0.2, 0.25) is 11.8 Å². The molecule has 0 spiro atoms. The molecule has 12 rings (SSSR count). The molecule has 21 nitrogen and oxygen atoms in total. The van der Waals surface area contributed by atoms with Crippen molar-refractivity contribution >= 4 is 86.1 Å². The van der Waals surface area contributed by atoms with Crippen LogP contribution in [-0.4, -0.2) is 179 Å². The molecule has 2 saturated carbocycles. The van der Waals surface area contributed by atoms with Crippen LogP contribution in [0.2, 0.25) is 0 Å². The Morgan fingerprint density at radius 3 is 1.52 bits per heavy atom. The highest BCUT2D eigenvalue weighted by Crippen LogP contribution is 2.38. The number of fused-ring (bicyclic) bond motifs is 4. The molecule has 2 aliphatic heterocycles. The second kappa shape index (κ2) is 27.5. The van der Waals surface area contributed by atoms with Crippen LogP contribution in [0.4, 0.5) is 0 Å². The normalized spacial score (nSPS) is 18.9. The van der Waals surface area contributed by atoms with Gasteiger partial charge in [-0.05, 0) is 178 Å². The van der Waals surface area contributed by atoms with Gasteiger partial charge in [-0.3, -0.25) is 24.0 Å². The van der Waals surface area contributed by atoms with Gasteiger partial charge in [-0.1, -0.05) is 12.2 Å². The van der Waals surface area contributed by atoms with Crippen molar-refractivity contribution in [2.75, 3.05) is 67.5 Å². The Morgan fingerprint density at radius 1 is 0.622 bits per heavy atom. The monoisotopic (exact) mass is 1240 g/mol. The molecule has 8 aromatic rings. The van der Waals surface area contributed by atoms with Crippen LogP contribution in [0.1, 0.15) is 86.4 Å². The van der Waals surface area contributed by atoms with Crippen molar-refractivity contribution in [2.24, 2.45) is 37.6 Å². The predicted molar refractivity (Wildman–Crippen MR) is 354 cm³/mol. The minimum Gasteiger partial charge on any atom is -0.460 e. The van der Waals surface area contributed by atoms with E-state index in [0.29, 0.717) is 75.1 Å². The van der Waals surface area contributed by atoms with Gasteiger partial charge in [0, 0.05) is 131 Å². The van der Waals surface area contributed by atoms with E-state index in [-0.39, 0.29) is 72.5 Å². The molecular formula is C68H86ClN15O6. The molecule has 90 heavy (non-hydrogen) atoms. The van der Waals surface area contributed by atoms with E-state index in [2.05, 4.69) is 63.1 Å². The number of benzene rings is 2. The molecule has 4 fully saturated rings. The van der Waals surface area contributed by atoms with Gasteiger partial charge in [-0.25, -0.2) is 19.9 Å². The number of carbonyl (C=O) groups is 5. The van der Waals surface area contributed by atoms with Gasteiger partial charge in [0.05, 0.1) is 39.9 Å². The number of esters is 1. The first-order valence-electron chi connectivity index (χ1n) is 31.2. The first-order valence-corrected chi connectivity index (χ1v) is 31.2. The van der Waals surface area contributed by atoms with Crippen molar-refractivity contribution in [1.29, 1.82) is 0 Å². The molecule has 0 unspecified atom stereocenters. The van der Waals surface area contributed by atoms with E-state index in [9.17, 15) is 24.0 Å². The first kappa shape index (κ1) is 64.7. The maximum Gasteiger partial charge on any atom is 0.306 e. The van der Waals surface area contributed by atoms with Crippen LogP contribution in [0, 0.1) is 17.8 Å². The molecule has 0 bridgehead atoms. The average molecular weight is 1240 g/mol. The fourth-order valence-corrected chi connectivity index (χ4v) is 12.4. The Morgan fingerprint density at radius 2 is 1.08 bits per heavy atom. The lowest BCUT2D eigenvalue weighted by Crippen LogP contribution is -2.56. The quantitative estimate of drug-likeness (QED) is 0.0547. The van der Waals surface area contributed by atoms with Crippen molar-refractivity contribution in [3.63, 3.8) is 0 Å². The zero-order valence-electron chi connectivity index (χ0n) is 53.3. The number of hydrogen-bond acceptors (Lipinski definition) is 13. The molecule has 4 atom stereocenters. The number of pyridine rings is 2. The van der Waals surface area contributed by atoms with Crippen LogP contribution >= 0.6 is 12.4 Å². The van der Waals surface area contributed by atoms with Gasteiger partial charge in [-0.15, -0.1) is 12.4 Å². The molecule has 0 radical (unpaired) electrons. The highest BCUT2D eigenvalue weighted by Gasteiger charge is 2.35. The van der Waals surface area contributed by atoms with Crippen LogP contribution in [0.25, 0.3) is 67.2 Å². The summed E-state index contributed by atoms with van der Waals surface area (Å²) in [6, 6.07) is 23.0. The number of piperidine rings is 2. The van der Waals surface area contributed by atoms with Crippen LogP contribution < -0.4 is 16.4 Å². The van der Waals surface area contributed by atoms with Gasteiger partial charge in [0.1, 0.15) is 16.9 Å². The number of ether oxygens (including phenoxy) is 1. The fourth-order valence-electron chi connectivity index (χ4n) is 12.4. The third-order valence-electron chi connectivity index (χ3n) is 16.9. The first-order chi connectivity index (χ1) is 42.6. The van der Waals surface area contributed by atoms with E-state index in [0.717, 1.165) is 80.3 Å². The van der Waals surface area contributed by atoms with Crippen molar-refractivity contribution in [2.45, 2.75) is 103 Å². The van der Waals surface area contributed by atoms with Gasteiger partial charge < -0.3 is 59.0 Å². The summed E-state index contributed by atoms with van der Waals surface area (Å²) in [7, 11) is 11.8. The van der Waals surface area contributed by atoms with Crippen LogP contribution in [-0.2, 0) is 46.3 Å². The number of likely N-dealkylation sites (tertiary alicyclic amines) is 2. The van der Waals surface area contributed by atoms with Crippen molar-refractivity contribution in [1.82, 2.24) is 68.4 Å². The molecule has 4 N–H and O–H groups in total. The van der Waals surface area contributed by atoms with Crippen LogP contribution in [0.3, 0.4) is 0 Å². The number of nitrogens with zero attached hydrogens (tertiary/aromatic N) is 12. The minimum absolute atomic E-state index is 0. The lowest BCUT2D eigenvalue weighted by Gasteiger charge is -2.38. The summed E-state index contributed by atoms with van der Waals surface area (Å²) >= 11 is 0. The fraction of sp³-hybridized carbons (Fsp3) is 0.456. The predicted octanol–water partition coefficient (Wildman–Crippen LogP) is 7.99. The van der Waals surface area contributed by atoms with E-state index in [1.165, 1.54) is 31.8 Å². The minimum atomic E-state index is -0.605. The standard InChI is InChI=1S/C37H47N7O4.C31H38N8O2.ClH/c1-37(2,3)48-33(46)18-25-17-28(39-32(45)10-8-16-41(4)5)23-43(21-25)36(47)27-13-14-30-29(19-27)40-35(42(30)6)31-20-26-9-7-15-38-34(26)44(31)22-24-11-12-24;1-36(2)13-5-7-28(40)34-24-16-23(32)18-38(19-24)31(41)22-10-11-26-25(14-22)35-30(37(26)3)27-15-21-6-4-12-33-29(21)39(27)17-20-8-9-20;/h7-10,13-15,19-20,24-25,28H,11-12,16-18,21-23H2,1-6H3,(H,39,45);4-7,10-12,14-15,20,23-24H,8-9,13,16-19,32H2,1-3H3,(H,34,40);1H/b10-8+;7-5+;/t25-,28-;23-,24+;/m01./s1. The highest BCUT2D eigenvalue weighted by atomic mass is 35.5. The van der Waals surface area contributed by atoms with Gasteiger partial charge >= 0.3 is 5.97 Å². The lowest BCUT2D eigenvalue weighted by atomic mass is 9.90. The zero-order valence-corrected chi connectivity index (χ0v) is 54.1. The molecule has 6 aromatic heterocycles. The van der Waals surface area contributed by atoms with E-state index < -0.39 is 5.60 Å². The van der Waals surface area contributed by atoms with E-state index in [4.69, 9.17) is 20.4 Å². The van der Waals surface area contributed by atoms with Crippen LogP contribution in [0.5, 0.6) is 0 Å². The van der Waals surface area contributed by atoms with E-state index in [1.807, 2.05) is 140 Å². The SMILES string of the molecule is CN(C)C/C=C/C(=O)N[C@H]1C[C@@H](CC(=O)OC(C)(C)C)CN(C(=O)c2ccc3c(c2)nc(-c2cc4cccnc4n2CC2CC2)n3C)C1.CN(C)C/C=C/C(=O)N[C@H]1C[C@@H](N)CN(C(=O)c2ccc3c(c2)nc(-c2cc4cccnc4n2CC2CC2)n3C)C1.Cl. The topological polar surface area (TPSA) is 229 Å². The number of aryl methyl sites for hydroxylation is 2. The number of carbonyl (C=O) groups excluding carboxylic acids is 5. The number of likely N-dealkylation sites (N-methyl/N-ethyl adjacent to an activating group) is 2. The van der Waals surface area contributed by atoms with Gasteiger partial charge in [0.25, 0.3) is 11.8 Å². The summed E-state index contributed by atoms with van der Waals surface area (Å²) in [4.78, 5) is 92.5. The Hall–Kier alpha value is -8.24. The summed E-state index contributed by atoms with van der Waals surface area (Å²) in [5.74, 6) is 1.89. The van der Waals surface area contributed by atoms with E-state index >= 15 is 0 Å². The third-order valence-corrected chi connectivity index (χ3v) is 16.9. The summed E-state index contributed by atoms with van der Waals surface area (Å²) in [6.07, 6.45) is 16.7. The number of nitrogens with two attached hydrogens (primary N) is 1. The number of aromatic nitrogens is 8. The maximum absolute atomic E-state index is 14.1. The third kappa shape index (κ3) is 15.5. The van der Waals surface area contributed by atoms with E-state index in [1.54, 1.807) is 22.0 Å². The highest BCUT2D eigenvalue weighted by molar-refractivity contribution is 6.00. The summed E-state index contributed by atoms with van der Waals surface area (Å²) < 4.78 is 14.3. The van der Waals surface area contributed by atoms with Crippen molar-refractivity contribution in [3.8, 4) is 23.0 Å². The second-order valence-electron chi connectivity index (χ2n) is 26.4. The number of amides is 4. The number of rotatable bonds is 18.